The van der Waals surface area contributed by atoms with Crippen molar-refractivity contribution >= 4 is 5.97 Å². The molecule has 1 aliphatic rings. The second kappa shape index (κ2) is 6.08. The van der Waals surface area contributed by atoms with Crippen LogP contribution in [0.5, 0.6) is 0 Å². The molecule has 0 aliphatic carbocycles. The molecule has 0 aromatic carbocycles. The summed E-state index contributed by atoms with van der Waals surface area (Å²) in [5.41, 5.74) is 0. The van der Waals surface area contributed by atoms with Gasteiger partial charge >= 0.3 is 5.97 Å². The summed E-state index contributed by atoms with van der Waals surface area (Å²) in [6, 6.07) is 0.470. The maximum Gasteiger partial charge on any atom is 0.310 e. The SMILES string of the molecule is CCN(CC)C1CNCC(C(=O)OC)C1. The quantitative estimate of drug-likeness (QED) is 0.691. The Balaban J connectivity index is 2.51. The molecule has 1 rings (SSSR count). The largest absolute Gasteiger partial charge is 0.469 e. The second-order valence-electron chi connectivity index (χ2n) is 3.99. The molecule has 1 saturated heterocycles. The van der Waals surface area contributed by atoms with Crippen LogP contribution in [0.15, 0.2) is 0 Å². The number of hydrogen-bond acceptors (Lipinski definition) is 4. The average molecular weight is 214 g/mol. The summed E-state index contributed by atoms with van der Waals surface area (Å²) in [7, 11) is 1.46. The van der Waals surface area contributed by atoms with E-state index in [-0.39, 0.29) is 11.9 Å². The summed E-state index contributed by atoms with van der Waals surface area (Å²) < 4.78 is 4.79. The van der Waals surface area contributed by atoms with Crippen LogP contribution in [0.1, 0.15) is 20.3 Å². The zero-order valence-corrected chi connectivity index (χ0v) is 9.95. The molecule has 0 radical (unpaired) electrons. The first kappa shape index (κ1) is 12.5. The molecule has 0 saturated carbocycles. The number of carbonyl (C=O) groups excluding carboxylic acids is 1. The molecule has 1 aliphatic heterocycles. The minimum Gasteiger partial charge on any atom is -0.469 e. The van der Waals surface area contributed by atoms with Crippen molar-refractivity contribution in [2.75, 3.05) is 33.3 Å². The lowest BCUT2D eigenvalue weighted by Crippen LogP contribution is -2.50. The Morgan fingerprint density at radius 2 is 2.07 bits per heavy atom. The summed E-state index contributed by atoms with van der Waals surface area (Å²) in [6.45, 7) is 8.13. The van der Waals surface area contributed by atoms with Crippen molar-refractivity contribution in [1.82, 2.24) is 10.2 Å². The van der Waals surface area contributed by atoms with E-state index in [1.54, 1.807) is 0 Å². The van der Waals surface area contributed by atoms with Gasteiger partial charge in [-0.3, -0.25) is 9.69 Å². The topological polar surface area (TPSA) is 41.6 Å². The second-order valence-corrected chi connectivity index (χ2v) is 3.99. The number of carbonyl (C=O) groups is 1. The molecule has 1 fully saturated rings. The Kier molecular flexibility index (Phi) is 5.05. The Morgan fingerprint density at radius 3 is 2.60 bits per heavy atom. The number of ether oxygens (including phenoxy) is 1. The maximum absolute atomic E-state index is 11.4. The number of rotatable bonds is 4. The van der Waals surface area contributed by atoms with Crippen molar-refractivity contribution in [1.29, 1.82) is 0 Å². The fraction of sp³-hybridized carbons (Fsp3) is 0.909. The Hall–Kier alpha value is -0.610. The van der Waals surface area contributed by atoms with E-state index >= 15 is 0 Å². The molecular weight excluding hydrogens is 192 g/mol. The highest BCUT2D eigenvalue weighted by Crippen LogP contribution is 2.16. The fourth-order valence-electron chi connectivity index (χ4n) is 2.28. The molecule has 0 spiro atoms. The molecule has 4 heteroatoms. The maximum atomic E-state index is 11.4. The summed E-state index contributed by atoms with van der Waals surface area (Å²) in [4.78, 5) is 13.8. The monoisotopic (exact) mass is 214 g/mol. The van der Waals surface area contributed by atoms with Gasteiger partial charge in [-0.25, -0.2) is 0 Å². The van der Waals surface area contributed by atoms with E-state index in [9.17, 15) is 4.79 Å². The van der Waals surface area contributed by atoms with E-state index in [0.717, 1.165) is 32.6 Å². The van der Waals surface area contributed by atoms with Crippen LogP contribution < -0.4 is 5.32 Å². The van der Waals surface area contributed by atoms with E-state index < -0.39 is 0 Å². The zero-order valence-electron chi connectivity index (χ0n) is 9.95. The minimum absolute atomic E-state index is 0.0225. The van der Waals surface area contributed by atoms with Crippen molar-refractivity contribution in [3.05, 3.63) is 0 Å². The summed E-state index contributed by atoms with van der Waals surface area (Å²) in [5.74, 6) is -0.0614. The van der Waals surface area contributed by atoms with E-state index in [2.05, 4.69) is 24.1 Å². The van der Waals surface area contributed by atoms with E-state index in [1.807, 2.05) is 0 Å². The van der Waals surface area contributed by atoms with Gasteiger partial charge in [0.25, 0.3) is 0 Å². The van der Waals surface area contributed by atoms with Gasteiger partial charge in [-0.2, -0.15) is 0 Å². The summed E-state index contributed by atoms with van der Waals surface area (Å²) in [6.07, 6.45) is 0.918. The van der Waals surface area contributed by atoms with Gasteiger partial charge in [0.05, 0.1) is 13.0 Å². The molecule has 0 amide bonds. The molecule has 0 aromatic heterocycles. The lowest BCUT2D eigenvalue weighted by Gasteiger charge is -2.35. The van der Waals surface area contributed by atoms with Gasteiger partial charge in [-0.05, 0) is 19.5 Å². The number of piperidine rings is 1. The fourth-order valence-corrected chi connectivity index (χ4v) is 2.28. The third kappa shape index (κ3) is 3.18. The number of nitrogens with one attached hydrogen (secondary N) is 1. The molecule has 2 atom stereocenters. The number of nitrogens with zero attached hydrogens (tertiary/aromatic N) is 1. The van der Waals surface area contributed by atoms with Crippen LogP contribution in [-0.4, -0.2) is 50.2 Å². The number of likely N-dealkylation sites (N-methyl/N-ethyl adjacent to an activating group) is 1. The van der Waals surface area contributed by atoms with E-state index in [0.29, 0.717) is 6.04 Å². The Bertz CT molecular complexity index is 205. The van der Waals surface area contributed by atoms with Gasteiger partial charge in [0, 0.05) is 19.1 Å². The molecule has 15 heavy (non-hydrogen) atoms. The lowest BCUT2D eigenvalue weighted by molar-refractivity contribution is -0.146. The highest BCUT2D eigenvalue weighted by molar-refractivity contribution is 5.72. The van der Waals surface area contributed by atoms with Crippen LogP contribution >= 0.6 is 0 Å². The van der Waals surface area contributed by atoms with E-state index in [4.69, 9.17) is 4.74 Å². The molecule has 4 nitrogen and oxygen atoms in total. The Labute approximate surface area is 92.0 Å². The normalized spacial score (nSPS) is 26.7. The number of hydrogen-bond donors (Lipinski definition) is 1. The highest BCUT2D eigenvalue weighted by atomic mass is 16.5. The molecule has 0 aromatic rings. The standard InChI is InChI=1S/C11H22N2O2/c1-4-13(5-2)10-6-9(7-12-8-10)11(14)15-3/h9-10,12H,4-8H2,1-3H3. The van der Waals surface area contributed by atoms with Crippen LogP contribution in [0.25, 0.3) is 0 Å². The summed E-state index contributed by atoms with van der Waals surface area (Å²) in [5, 5.41) is 3.31. The van der Waals surface area contributed by atoms with Gasteiger partial charge in [0.2, 0.25) is 0 Å². The lowest BCUT2D eigenvalue weighted by atomic mass is 9.95. The number of esters is 1. The van der Waals surface area contributed by atoms with Gasteiger partial charge in [0.1, 0.15) is 0 Å². The summed E-state index contributed by atoms with van der Waals surface area (Å²) >= 11 is 0. The molecule has 1 heterocycles. The predicted molar refractivity (Wildman–Crippen MR) is 59.7 cm³/mol. The van der Waals surface area contributed by atoms with Gasteiger partial charge in [0.15, 0.2) is 0 Å². The third-order valence-corrected chi connectivity index (χ3v) is 3.19. The Morgan fingerprint density at radius 1 is 1.40 bits per heavy atom. The molecule has 0 bridgehead atoms. The van der Waals surface area contributed by atoms with E-state index in [1.165, 1.54) is 7.11 Å². The van der Waals surface area contributed by atoms with Crippen LogP contribution in [0.3, 0.4) is 0 Å². The highest BCUT2D eigenvalue weighted by Gasteiger charge is 2.29. The van der Waals surface area contributed by atoms with Crippen LogP contribution in [0.2, 0.25) is 0 Å². The first-order chi connectivity index (χ1) is 7.22. The molecule has 2 unspecified atom stereocenters. The van der Waals surface area contributed by atoms with Crippen molar-refractivity contribution in [3.63, 3.8) is 0 Å². The zero-order chi connectivity index (χ0) is 11.3. The van der Waals surface area contributed by atoms with Crippen molar-refractivity contribution in [2.45, 2.75) is 26.3 Å². The van der Waals surface area contributed by atoms with Crippen molar-refractivity contribution in [3.8, 4) is 0 Å². The number of methoxy groups -OCH3 is 1. The van der Waals surface area contributed by atoms with Gasteiger partial charge in [-0.1, -0.05) is 13.8 Å². The first-order valence-corrected chi connectivity index (χ1v) is 5.75. The van der Waals surface area contributed by atoms with Gasteiger partial charge < -0.3 is 10.1 Å². The smallest absolute Gasteiger partial charge is 0.310 e. The third-order valence-electron chi connectivity index (χ3n) is 3.19. The van der Waals surface area contributed by atoms with Gasteiger partial charge in [-0.15, -0.1) is 0 Å². The molecule has 1 N–H and O–H groups in total. The van der Waals surface area contributed by atoms with Crippen molar-refractivity contribution < 1.29 is 9.53 Å². The average Bonchev–Trinajstić information content (AvgIpc) is 2.30. The minimum atomic E-state index is -0.0839. The van der Waals surface area contributed by atoms with Crippen LogP contribution in [-0.2, 0) is 9.53 Å². The molecular formula is C11H22N2O2. The van der Waals surface area contributed by atoms with Crippen molar-refractivity contribution in [2.24, 2.45) is 5.92 Å². The van der Waals surface area contributed by atoms with Crippen LogP contribution in [0, 0.1) is 5.92 Å². The van der Waals surface area contributed by atoms with Crippen LogP contribution in [0.4, 0.5) is 0 Å². The predicted octanol–water partition coefficient (Wildman–Crippen LogP) is 0.479. The molecule has 88 valence electrons. The first-order valence-electron chi connectivity index (χ1n) is 5.75.